The second-order valence-electron chi connectivity index (χ2n) is 5.81. The molecule has 1 saturated heterocycles. The maximum Gasteiger partial charge on any atom is 0.310 e. The summed E-state index contributed by atoms with van der Waals surface area (Å²) in [5.74, 6) is -0.289. The molecule has 0 radical (unpaired) electrons. The minimum atomic E-state index is -0.209. The summed E-state index contributed by atoms with van der Waals surface area (Å²) in [6, 6.07) is 6.16. The lowest BCUT2D eigenvalue weighted by Gasteiger charge is -2.31. The maximum absolute atomic E-state index is 12.5. The summed E-state index contributed by atoms with van der Waals surface area (Å²) in [4.78, 5) is 25.9. The van der Waals surface area contributed by atoms with Crippen LogP contribution in [0.1, 0.15) is 29.5 Å². The van der Waals surface area contributed by atoms with Gasteiger partial charge in [-0.15, -0.1) is 0 Å². The predicted molar refractivity (Wildman–Crippen MR) is 80.9 cm³/mol. The quantitative estimate of drug-likeness (QED) is 0.802. The fraction of sp³-hybridized carbons (Fsp3) is 0.529. The number of carbonyl (C=O) groups is 2. The average Bonchev–Trinajstić information content (AvgIpc) is 2.50. The number of likely N-dealkylation sites (tertiary alicyclic amines) is 1. The minimum Gasteiger partial charge on any atom is -0.469 e. The van der Waals surface area contributed by atoms with E-state index in [-0.39, 0.29) is 17.8 Å². The van der Waals surface area contributed by atoms with Crippen molar-refractivity contribution in [1.29, 1.82) is 0 Å². The topological polar surface area (TPSA) is 46.6 Å². The van der Waals surface area contributed by atoms with Crippen LogP contribution in [0.4, 0.5) is 0 Å². The van der Waals surface area contributed by atoms with Gasteiger partial charge in [-0.3, -0.25) is 9.59 Å². The Bertz CT molecular complexity index is 539. The van der Waals surface area contributed by atoms with E-state index < -0.39 is 0 Å². The van der Waals surface area contributed by atoms with Crippen LogP contribution >= 0.6 is 0 Å². The number of nitrogens with zero attached hydrogens (tertiary/aromatic N) is 1. The number of rotatable bonds is 3. The molecule has 4 heteroatoms. The molecule has 4 nitrogen and oxygen atoms in total. The molecule has 0 spiro atoms. The van der Waals surface area contributed by atoms with Gasteiger partial charge in [-0.1, -0.05) is 23.8 Å². The van der Waals surface area contributed by atoms with Crippen LogP contribution in [0.3, 0.4) is 0 Å². The van der Waals surface area contributed by atoms with Gasteiger partial charge < -0.3 is 9.64 Å². The Morgan fingerprint density at radius 3 is 2.81 bits per heavy atom. The molecular formula is C17H23NO3. The zero-order chi connectivity index (χ0) is 15.4. The third-order valence-electron chi connectivity index (χ3n) is 4.15. The second-order valence-corrected chi connectivity index (χ2v) is 5.81. The Hall–Kier alpha value is -1.84. The zero-order valence-corrected chi connectivity index (χ0v) is 13.0. The van der Waals surface area contributed by atoms with Crippen molar-refractivity contribution in [3.05, 3.63) is 34.9 Å². The van der Waals surface area contributed by atoms with Crippen molar-refractivity contribution in [2.24, 2.45) is 5.92 Å². The Labute approximate surface area is 126 Å². The molecule has 0 aliphatic carbocycles. The van der Waals surface area contributed by atoms with E-state index in [4.69, 9.17) is 4.74 Å². The molecule has 1 aliphatic rings. The van der Waals surface area contributed by atoms with Crippen molar-refractivity contribution < 1.29 is 14.3 Å². The van der Waals surface area contributed by atoms with Crippen LogP contribution in [0, 0.1) is 19.8 Å². The third-order valence-corrected chi connectivity index (χ3v) is 4.15. The summed E-state index contributed by atoms with van der Waals surface area (Å²) < 4.78 is 4.79. The van der Waals surface area contributed by atoms with E-state index in [0.717, 1.165) is 36.1 Å². The highest BCUT2D eigenvalue weighted by molar-refractivity contribution is 5.80. The lowest BCUT2D eigenvalue weighted by molar-refractivity contribution is -0.148. The molecule has 1 atom stereocenters. The SMILES string of the molecule is COC(=O)[C@H]1CCCN(C(=O)Cc2cc(C)ccc2C)C1. The van der Waals surface area contributed by atoms with Crippen molar-refractivity contribution >= 4 is 11.9 Å². The Morgan fingerprint density at radius 1 is 1.33 bits per heavy atom. The molecular weight excluding hydrogens is 266 g/mol. The highest BCUT2D eigenvalue weighted by Crippen LogP contribution is 2.19. The Kier molecular flexibility index (Phi) is 4.99. The largest absolute Gasteiger partial charge is 0.469 e. The Morgan fingerprint density at radius 2 is 2.10 bits per heavy atom. The van der Waals surface area contributed by atoms with Gasteiger partial charge in [0, 0.05) is 13.1 Å². The van der Waals surface area contributed by atoms with Gasteiger partial charge in [0.15, 0.2) is 0 Å². The van der Waals surface area contributed by atoms with Gasteiger partial charge in [0.1, 0.15) is 0 Å². The first-order chi connectivity index (χ1) is 10.0. The summed E-state index contributed by atoms with van der Waals surface area (Å²) in [5, 5.41) is 0. The van der Waals surface area contributed by atoms with Crippen molar-refractivity contribution in [2.45, 2.75) is 33.1 Å². The molecule has 1 fully saturated rings. The summed E-state index contributed by atoms with van der Waals surface area (Å²) >= 11 is 0. The van der Waals surface area contributed by atoms with E-state index in [1.54, 1.807) is 4.90 Å². The number of methoxy groups -OCH3 is 1. The first kappa shape index (κ1) is 15.5. The molecule has 0 aromatic heterocycles. The fourth-order valence-corrected chi connectivity index (χ4v) is 2.83. The second kappa shape index (κ2) is 6.74. The van der Waals surface area contributed by atoms with Gasteiger partial charge >= 0.3 is 5.97 Å². The standard InChI is InChI=1S/C17H23NO3/c1-12-6-7-13(2)15(9-12)10-16(19)18-8-4-5-14(11-18)17(20)21-3/h6-7,9,14H,4-5,8,10-11H2,1-3H3/t14-/m0/s1. The summed E-state index contributed by atoms with van der Waals surface area (Å²) in [5.41, 5.74) is 3.37. The van der Waals surface area contributed by atoms with Crippen LogP contribution in [0.15, 0.2) is 18.2 Å². The number of piperidine rings is 1. The lowest BCUT2D eigenvalue weighted by atomic mass is 9.97. The van der Waals surface area contributed by atoms with Crippen LogP contribution in [0.5, 0.6) is 0 Å². The van der Waals surface area contributed by atoms with Crippen molar-refractivity contribution in [3.8, 4) is 0 Å². The monoisotopic (exact) mass is 289 g/mol. The molecule has 1 aliphatic heterocycles. The molecule has 1 heterocycles. The van der Waals surface area contributed by atoms with E-state index in [1.807, 2.05) is 19.9 Å². The number of benzene rings is 1. The molecule has 1 amide bonds. The molecule has 0 unspecified atom stereocenters. The van der Waals surface area contributed by atoms with Gasteiger partial charge in [-0.05, 0) is 37.8 Å². The minimum absolute atomic E-state index is 0.0947. The zero-order valence-electron chi connectivity index (χ0n) is 13.0. The number of hydrogen-bond acceptors (Lipinski definition) is 3. The van der Waals surface area contributed by atoms with Gasteiger partial charge in [-0.2, -0.15) is 0 Å². The summed E-state index contributed by atoms with van der Waals surface area (Å²) in [7, 11) is 1.40. The molecule has 0 N–H and O–H groups in total. The molecule has 114 valence electrons. The number of carbonyl (C=O) groups excluding carboxylic acids is 2. The molecule has 21 heavy (non-hydrogen) atoms. The lowest BCUT2D eigenvalue weighted by Crippen LogP contribution is -2.43. The fourth-order valence-electron chi connectivity index (χ4n) is 2.83. The van der Waals surface area contributed by atoms with E-state index in [2.05, 4.69) is 12.1 Å². The van der Waals surface area contributed by atoms with Crippen LogP contribution in [0.25, 0.3) is 0 Å². The molecule has 1 aromatic rings. The highest BCUT2D eigenvalue weighted by atomic mass is 16.5. The Balaban J connectivity index is 2.02. The highest BCUT2D eigenvalue weighted by Gasteiger charge is 2.29. The van der Waals surface area contributed by atoms with Crippen LogP contribution in [-0.4, -0.2) is 37.0 Å². The van der Waals surface area contributed by atoms with Crippen molar-refractivity contribution in [3.63, 3.8) is 0 Å². The molecule has 0 saturated carbocycles. The average molecular weight is 289 g/mol. The molecule has 0 bridgehead atoms. The number of hydrogen-bond donors (Lipinski definition) is 0. The normalized spacial score (nSPS) is 18.4. The van der Waals surface area contributed by atoms with E-state index in [9.17, 15) is 9.59 Å². The smallest absolute Gasteiger partial charge is 0.310 e. The van der Waals surface area contributed by atoms with Gasteiger partial charge in [-0.25, -0.2) is 0 Å². The van der Waals surface area contributed by atoms with E-state index in [1.165, 1.54) is 7.11 Å². The van der Waals surface area contributed by atoms with Crippen molar-refractivity contribution in [2.75, 3.05) is 20.2 Å². The first-order valence-corrected chi connectivity index (χ1v) is 7.43. The number of esters is 1. The summed E-state index contributed by atoms with van der Waals surface area (Å²) in [6.07, 6.45) is 2.07. The first-order valence-electron chi connectivity index (χ1n) is 7.43. The van der Waals surface area contributed by atoms with Crippen LogP contribution in [0.2, 0.25) is 0 Å². The summed E-state index contributed by atoms with van der Waals surface area (Å²) in [6.45, 7) is 5.27. The third kappa shape index (κ3) is 3.84. The van der Waals surface area contributed by atoms with Gasteiger partial charge in [0.25, 0.3) is 0 Å². The van der Waals surface area contributed by atoms with Crippen LogP contribution in [-0.2, 0) is 20.7 Å². The van der Waals surface area contributed by atoms with E-state index >= 15 is 0 Å². The number of amides is 1. The maximum atomic E-state index is 12.5. The molecule has 2 rings (SSSR count). The number of ether oxygens (including phenoxy) is 1. The van der Waals surface area contributed by atoms with Crippen molar-refractivity contribution in [1.82, 2.24) is 4.90 Å². The van der Waals surface area contributed by atoms with Gasteiger partial charge in [0.2, 0.25) is 5.91 Å². The number of aryl methyl sites for hydroxylation is 2. The van der Waals surface area contributed by atoms with E-state index in [0.29, 0.717) is 13.0 Å². The van der Waals surface area contributed by atoms with Gasteiger partial charge in [0.05, 0.1) is 19.4 Å². The molecule has 1 aromatic carbocycles. The van der Waals surface area contributed by atoms with Crippen LogP contribution < -0.4 is 0 Å². The predicted octanol–water partition coefficient (Wildman–Crippen LogP) is 2.26.